The number of hydrogen-bond acceptors (Lipinski definition) is 1. The highest BCUT2D eigenvalue weighted by molar-refractivity contribution is 6.02. The minimum atomic E-state index is -0.106. The molecule has 34 heavy (non-hydrogen) atoms. The van der Waals surface area contributed by atoms with E-state index in [0.29, 0.717) is 0 Å². The van der Waals surface area contributed by atoms with Crippen LogP contribution in [0.4, 0.5) is 0 Å². The van der Waals surface area contributed by atoms with E-state index in [4.69, 9.17) is 0 Å². The highest BCUT2D eigenvalue weighted by atomic mass is 14.4. The molecule has 0 unspecified atom stereocenters. The molecule has 0 saturated heterocycles. The number of rotatable bonds is 3. The molecule has 5 aromatic carbocycles. The first-order chi connectivity index (χ1) is 16.2. The van der Waals surface area contributed by atoms with Crippen molar-refractivity contribution in [3.8, 4) is 44.5 Å². The monoisotopic (exact) mass is 439 g/mol. The summed E-state index contributed by atoms with van der Waals surface area (Å²) in [6.07, 6.45) is 0. The van der Waals surface area contributed by atoms with Crippen LogP contribution in [0.2, 0.25) is 0 Å². The van der Waals surface area contributed by atoms with E-state index < -0.39 is 0 Å². The first-order valence-corrected chi connectivity index (χ1v) is 11.6. The second-order valence-electron chi connectivity index (χ2n) is 9.37. The van der Waals surface area contributed by atoms with Crippen LogP contribution < -0.4 is 6.15 Å². The molecule has 0 atom stereocenters. The van der Waals surface area contributed by atoms with E-state index >= 15 is 0 Å². The molecule has 1 nitrogen and oxygen atoms in total. The quantitative estimate of drug-likeness (QED) is 0.299. The van der Waals surface area contributed by atoms with Crippen molar-refractivity contribution in [2.75, 3.05) is 0 Å². The van der Waals surface area contributed by atoms with Crippen molar-refractivity contribution in [3.63, 3.8) is 0 Å². The fourth-order valence-corrected chi connectivity index (χ4v) is 5.56. The average Bonchev–Trinajstić information content (AvgIpc) is 3.12. The van der Waals surface area contributed by atoms with Crippen LogP contribution in [0.15, 0.2) is 121 Å². The Morgan fingerprint density at radius 3 is 1.44 bits per heavy atom. The molecule has 1 aliphatic rings. The Morgan fingerprint density at radius 2 is 0.882 bits per heavy atom. The number of hydrogen-bond donors (Lipinski definition) is 1. The Hall–Kier alpha value is -3.94. The topological polar surface area (TPSA) is 35.0 Å². The molecule has 6 rings (SSSR count). The Morgan fingerprint density at radius 1 is 0.441 bits per heavy atom. The Labute approximate surface area is 202 Å². The van der Waals surface area contributed by atoms with Gasteiger partial charge in [0.15, 0.2) is 0 Å². The van der Waals surface area contributed by atoms with Crippen LogP contribution in [0.25, 0.3) is 44.5 Å². The van der Waals surface area contributed by atoms with Crippen molar-refractivity contribution in [2.24, 2.45) is 0 Å². The second-order valence-corrected chi connectivity index (χ2v) is 9.37. The second kappa shape index (κ2) is 8.44. The van der Waals surface area contributed by atoms with Crippen LogP contribution in [0.1, 0.15) is 25.0 Å². The number of benzene rings is 5. The van der Waals surface area contributed by atoms with Gasteiger partial charge in [-0.05, 0) is 61.7 Å². The van der Waals surface area contributed by atoms with E-state index in [1.54, 1.807) is 0 Å². The molecule has 1 aliphatic carbocycles. The van der Waals surface area contributed by atoms with Gasteiger partial charge >= 0.3 is 0 Å². The Balaban J connectivity index is 0.00000241. The van der Waals surface area contributed by atoms with Crippen LogP contribution in [0.5, 0.6) is 0 Å². The third-order valence-electron chi connectivity index (χ3n) is 7.05. The zero-order chi connectivity index (χ0) is 22.4. The lowest BCUT2D eigenvalue weighted by Crippen LogP contribution is -2.17. The molecule has 1 heteroatoms. The third kappa shape index (κ3) is 3.29. The summed E-state index contributed by atoms with van der Waals surface area (Å²) in [6.45, 7) is 4.77. The van der Waals surface area contributed by atoms with E-state index in [1.807, 2.05) is 0 Å². The van der Waals surface area contributed by atoms with Crippen LogP contribution in [0.3, 0.4) is 0 Å². The van der Waals surface area contributed by atoms with Gasteiger partial charge in [-0.15, -0.1) is 0 Å². The summed E-state index contributed by atoms with van der Waals surface area (Å²) < 4.78 is 0. The van der Waals surface area contributed by atoms with Gasteiger partial charge in [0, 0.05) is 5.41 Å². The van der Waals surface area contributed by atoms with E-state index in [-0.39, 0.29) is 11.6 Å². The Kier molecular flexibility index (Phi) is 5.43. The maximum Gasteiger partial charge on any atom is 0.0165 e. The summed E-state index contributed by atoms with van der Waals surface area (Å²) in [5, 5.41) is 0. The number of fused-ring (bicyclic) bond motifs is 3. The van der Waals surface area contributed by atoms with E-state index in [0.717, 1.165) is 0 Å². The summed E-state index contributed by atoms with van der Waals surface area (Å²) in [6, 6.07) is 44.0. The SMILES string of the molecule is CC1(C)c2ccccc2-c2c(-c3ccccc3)cc(-c3ccccc3)c(-c3ccccc3)c21.N. The normalized spacial score (nSPS) is 13.0. The van der Waals surface area contributed by atoms with Crippen LogP contribution in [-0.2, 0) is 5.41 Å². The van der Waals surface area contributed by atoms with Crippen molar-refractivity contribution in [1.29, 1.82) is 0 Å². The van der Waals surface area contributed by atoms with Gasteiger partial charge in [0.05, 0.1) is 0 Å². The molecule has 0 saturated carbocycles. The predicted octanol–water partition coefficient (Wildman–Crippen LogP) is 9.16. The van der Waals surface area contributed by atoms with Crippen LogP contribution >= 0.6 is 0 Å². The maximum absolute atomic E-state index is 2.42. The fourth-order valence-electron chi connectivity index (χ4n) is 5.56. The van der Waals surface area contributed by atoms with Gasteiger partial charge in [-0.1, -0.05) is 129 Å². The molecule has 5 aromatic rings. The molecule has 166 valence electrons. The van der Waals surface area contributed by atoms with E-state index in [9.17, 15) is 0 Å². The highest BCUT2D eigenvalue weighted by Gasteiger charge is 2.40. The van der Waals surface area contributed by atoms with E-state index in [2.05, 4.69) is 135 Å². The standard InChI is InChI=1S/C33H26.H3N/c1-33(2)29-21-13-12-20-26(29)31-28(24-16-8-4-9-17-24)22-27(23-14-6-3-7-15-23)30(32(31)33)25-18-10-5-11-19-25;/h3-22H,1-2H3;1H3. The smallest absolute Gasteiger partial charge is 0.0165 e. The molecular formula is C33H29N. The molecule has 0 fully saturated rings. The van der Waals surface area contributed by atoms with Gasteiger partial charge in [-0.2, -0.15) is 0 Å². The van der Waals surface area contributed by atoms with Crippen LogP contribution in [0, 0.1) is 0 Å². The molecule has 0 aliphatic heterocycles. The molecule has 0 heterocycles. The zero-order valence-corrected chi connectivity index (χ0v) is 19.8. The summed E-state index contributed by atoms with van der Waals surface area (Å²) in [4.78, 5) is 0. The van der Waals surface area contributed by atoms with Gasteiger partial charge in [0.1, 0.15) is 0 Å². The van der Waals surface area contributed by atoms with Gasteiger partial charge in [0.25, 0.3) is 0 Å². The highest BCUT2D eigenvalue weighted by Crippen LogP contribution is 2.57. The lowest BCUT2D eigenvalue weighted by Gasteiger charge is -2.28. The molecule has 0 aromatic heterocycles. The summed E-state index contributed by atoms with van der Waals surface area (Å²) in [7, 11) is 0. The van der Waals surface area contributed by atoms with Crippen molar-refractivity contribution in [1.82, 2.24) is 6.15 Å². The Bertz CT molecular complexity index is 1450. The fraction of sp³-hybridized carbons (Fsp3) is 0.0909. The van der Waals surface area contributed by atoms with Crippen LogP contribution in [-0.4, -0.2) is 0 Å². The molecular weight excluding hydrogens is 410 g/mol. The van der Waals surface area contributed by atoms with Gasteiger partial charge < -0.3 is 6.15 Å². The minimum Gasteiger partial charge on any atom is -0.344 e. The molecule has 0 bridgehead atoms. The average molecular weight is 440 g/mol. The minimum absolute atomic E-state index is 0. The summed E-state index contributed by atoms with van der Waals surface area (Å²) in [5.41, 5.74) is 13.2. The first kappa shape index (κ1) is 21.9. The van der Waals surface area contributed by atoms with Gasteiger partial charge in [-0.3, -0.25) is 0 Å². The van der Waals surface area contributed by atoms with Gasteiger partial charge in [-0.25, -0.2) is 0 Å². The van der Waals surface area contributed by atoms with Crippen molar-refractivity contribution in [3.05, 3.63) is 132 Å². The summed E-state index contributed by atoms with van der Waals surface area (Å²) >= 11 is 0. The van der Waals surface area contributed by atoms with E-state index in [1.165, 1.54) is 55.6 Å². The molecule has 0 spiro atoms. The predicted molar refractivity (Wildman–Crippen MR) is 145 cm³/mol. The van der Waals surface area contributed by atoms with Crippen molar-refractivity contribution >= 4 is 0 Å². The third-order valence-corrected chi connectivity index (χ3v) is 7.05. The molecule has 0 radical (unpaired) electrons. The zero-order valence-electron chi connectivity index (χ0n) is 19.8. The van der Waals surface area contributed by atoms with Crippen molar-refractivity contribution < 1.29 is 0 Å². The largest absolute Gasteiger partial charge is 0.344 e. The van der Waals surface area contributed by atoms with Gasteiger partial charge in [0.2, 0.25) is 0 Å². The lowest BCUT2D eigenvalue weighted by atomic mass is 9.75. The molecule has 0 amide bonds. The van der Waals surface area contributed by atoms with Crippen molar-refractivity contribution in [2.45, 2.75) is 19.3 Å². The first-order valence-electron chi connectivity index (χ1n) is 11.6. The maximum atomic E-state index is 2.42. The lowest BCUT2D eigenvalue weighted by molar-refractivity contribution is 0.662. The molecule has 3 N–H and O–H groups in total. The summed E-state index contributed by atoms with van der Waals surface area (Å²) in [5.74, 6) is 0.